The minimum Gasteiger partial charge on any atom is -0.461 e. The lowest BCUT2D eigenvalue weighted by Gasteiger charge is -2.12. The Kier molecular flexibility index (Phi) is 4.87. The van der Waals surface area contributed by atoms with Gasteiger partial charge in [-0.3, -0.25) is 9.79 Å². The zero-order valence-electron chi connectivity index (χ0n) is 15.3. The van der Waals surface area contributed by atoms with E-state index in [4.69, 9.17) is 9.15 Å². The van der Waals surface area contributed by atoms with Crippen molar-refractivity contribution in [1.29, 1.82) is 0 Å². The number of nitrogens with zero attached hydrogens (tertiary/aromatic N) is 1. The van der Waals surface area contributed by atoms with E-state index in [0.717, 1.165) is 53.7 Å². The fraction of sp³-hybridized carbons (Fsp3) is 0.273. The number of carbonyl (C=O) groups excluding carboxylic acids is 1. The normalized spacial score (nSPS) is 13.9. The molecule has 0 saturated carbocycles. The van der Waals surface area contributed by atoms with Gasteiger partial charge in [-0.2, -0.15) is 0 Å². The van der Waals surface area contributed by atoms with Crippen LogP contribution in [0.15, 0.2) is 44.2 Å². The van der Waals surface area contributed by atoms with E-state index in [0.29, 0.717) is 10.2 Å². The number of halogens is 1. The van der Waals surface area contributed by atoms with E-state index < -0.39 is 0 Å². The van der Waals surface area contributed by atoms with Crippen LogP contribution in [0.3, 0.4) is 0 Å². The first-order valence-electron chi connectivity index (χ1n) is 9.09. The van der Waals surface area contributed by atoms with Gasteiger partial charge in [0.25, 0.3) is 0 Å². The lowest BCUT2D eigenvalue weighted by Crippen LogP contribution is -2.06. The Balaban J connectivity index is 1.92. The summed E-state index contributed by atoms with van der Waals surface area (Å²) in [7, 11) is 0. The number of hydrogen-bond acceptors (Lipinski definition) is 4. The molecule has 0 amide bonds. The monoisotopic (exact) mass is 425 g/mol. The standard InChI is InChI=1S/C22H20BrNO3/c1-13-7-9-15(10-8-13)24-12-17-21-16-5-3-4-6-19(16)27-20(21)11-18(23)22(17)26-14(2)25/h7-12H,3-6H2,1-2H3. The summed E-state index contributed by atoms with van der Waals surface area (Å²) in [5, 5.41) is 1.00. The molecule has 1 aromatic heterocycles. The highest BCUT2D eigenvalue weighted by molar-refractivity contribution is 9.10. The van der Waals surface area contributed by atoms with Crippen molar-refractivity contribution in [2.75, 3.05) is 0 Å². The number of aryl methyl sites for hydroxylation is 3. The molecule has 2 aromatic carbocycles. The van der Waals surface area contributed by atoms with Gasteiger partial charge in [-0.1, -0.05) is 17.7 Å². The molecule has 0 saturated heterocycles. The molecule has 3 aromatic rings. The molecular formula is C22H20BrNO3. The molecule has 0 unspecified atom stereocenters. The van der Waals surface area contributed by atoms with Gasteiger partial charge < -0.3 is 9.15 Å². The van der Waals surface area contributed by atoms with Crippen LogP contribution in [-0.2, 0) is 17.6 Å². The molecule has 5 heteroatoms. The van der Waals surface area contributed by atoms with Gasteiger partial charge in [0.05, 0.1) is 10.2 Å². The predicted octanol–water partition coefficient (Wildman–Crippen LogP) is 6.06. The Morgan fingerprint density at radius 1 is 1.22 bits per heavy atom. The molecule has 1 heterocycles. The van der Waals surface area contributed by atoms with Gasteiger partial charge in [0.1, 0.15) is 11.3 Å². The van der Waals surface area contributed by atoms with Gasteiger partial charge in [0, 0.05) is 36.1 Å². The smallest absolute Gasteiger partial charge is 0.308 e. The minimum absolute atomic E-state index is 0.364. The second-order valence-corrected chi connectivity index (χ2v) is 7.73. The number of aliphatic imine (C=N–C) groups is 1. The van der Waals surface area contributed by atoms with Crippen LogP contribution in [0.1, 0.15) is 42.2 Å². The van der Waals surface area contributed by atoms with Gasteiger partial charge in [0.2, 0.25) is 0 Å². The SMILES string of the molecule is CC(=O)Oc1c(Br)cc2oc3c(c2c1C=Nc1ccc(C)cc1)CCCC3. The van der Waals surface area contributed by atoms with E-state index in [1.165, 1.54) is 18.1 Å². The Labute approximate surface area is 166 Å². The Morgan fingerprint density at radius 2 is 1.96 bits per heavy atom. The molecule has 0 bridgehead atoms. The number of esters is 1. The average molecular weight is 426 g/mol. The number of carbonyl (C=O) groups is 1. The van der Waals surface area contributed by atoms with Gasteiger partial charge in [-0.25, -0.2) is 0 Å². The molecule has 0 radical (unpaired) electrons. The maximum Gasteiger partial charge on any atom is 0.308 e. The van der Waals surface area contributed by atoms with Crippen LogP contribution in [0.25, 0.3) is 11.0 Å². The highest BCUT2D eigenvalue weighted by atomic mass is 79.9. The first-order chi connectivity index (χ1) is 13.0. The molecule has 138 valence electrons. The fourth-order valence-electron chi connectivity index (χ4n) is 3.55. The van der Waals surface area contributed by atoms with E-state index in [-0.39, 0.29) is 5.97 Å². The molecule has 0 aliphatic heterocycles. The van der Waals surface area contributed by atoms with Crippen molar-refractivity contribution in [3.8, 4) is 5.75 Å². The fourth-order valence-corrected chi connectivity index (χ4v) is 4.05. The number of benzene rings is 2. The lowest BCUT2D eigenvalue weighted by molar-refractivity contribution is -0.131. The van der Waals surface area contributed by atoms with Crippen molar-refractivity contribution in [1.82, 2.24) is 0 Å². The molecular weight excluding hydrogens is 406 g/mol. The third-order valence-electron chi connectivity index (χ3n) is 4.81. The van der Waals surface area contributed by atoms with Crippen molar-refractivity contribution >= 4 is 44.8 Å². The van der Waals surface area contributed by atoms with E-state index in [2.05, 4.69) is 20.9 Å². The van der Waals surface area contributed by atoms with Crippen LogP contribution < -0.4 is 4.74 Å². The highest BCUT2D eigenvalue weighted by Gasteiger charge is 2.24. The summed E-state index contributed by atoms with van der Waals surface area (Å²) in [6.07, 6.45) is 5.96. The van der Waals surface area contributed by atoms with Crippen molar-refractivity contribution in [3.05, 3.63) is 57.3 Å². The van der Waals surface area contributed by atoms with Crippen LogP contribution >= 0.6 is 15.9 Å². The van der Waals surface area contributed by atoms with Crippen LogP contribution in [0.5, 0.6) is 5.75 Å². The average Bonchev–Trinajstić information content (AvgIpc) is 3.00. The van der Waals surface area contributed by atoms with Gasteiger partial charge in [-0.15, -0.1) is 0 Å². The van der Waals surface area contributed by atoms with E-state index in [9.17, 15) is 4.79 Å². The second-order valence-electron chi connectivity index (χ2n) is 6.87. The van der Waals surface area contributed by atoms with Gasteiger partial charge >= 0.3 is 5.97 Å². The number of furan rings is 1. The molecule has 0 N–H and O–H groups in total. The maximum atomic E-state index is 11.7. The first-order valence-corrected chi connectivity index (χ1v) is 9.88. The Bertz CT molecular complexity index is 1050. The van der Waals surface area contributed by atoms with Gasteiger partial charge in [0.15, 0.2) is 5.75 Å². The summed E-state index contributed by atoms with van der Waals surface area (Å²) in [5.74, 6) is 1.16. The van der Waals surface area contributed by atoms with Crippen molar-refractivity contribution in [2.24, 2.45) is 4.99 Å². The van der Waals surface area contributed by atoms with Crippen LogP contribution in [0.2, 0.25) is 0 Å². The Hall–Kier alpha value is -2.40. The summed E-state index contributed by atoms with van der Waals surface area (Å²) in [5.41, 5.74) is 4.82. The maximum absolute atomic E-state index is 11.7. The molecule has 4 nitrogen and oxygen atoms in total. The predicted molar refractivity (Wildman–Crippen MR) is 110 cm³/mol. The summed E-state index contributed by atoms with van der Waals surface area (Å²) in [6, 6.07) is 9.87. The summed E-state index contributed by atoms with van der Waals surface area (Å²) < 4.78 is 12.3. The summed E-state index contributed by atoms with van der Waals surface area (Å²) in [4.78, 5) is 16.3. The molecule has 0 atom stereocenters. The number of hydrogen-bond donors (Lipinski definition) is 0. The van der Waals surface area contributed by atoms with Crippen molar-refractivity contribution in [3.63, 3.8) is 0 Å². The molecule has 4 rings (SSSR count). The van der Waals surface area contributed by atoms with E-state index in [1.807, 2.05) is 37.3 Å². The first kappa shape index (κ1) is 18.0. The van der Waals surface area contributed by atoms with Gasteiger partial charge in [-0.05, 0) is 60.3 Å². The van der Waals surface area contributed by atoms with Crippen LogP contribution in [0, 0.1) is 6.92 Å². The van der Waals surface area contributed by atoms with E-state index >= 15 is 0 Å². The van der Waals surface area contributed by atoms with E-state index in [1.54, 1.807) is 6.21 Å². The quantitative estimate of drug-likeness (QED) is 0.291. The summed E-state index contributed by atoms with van der Waals surface area (Å²) in [6.45, 7) is 3.45. The third kappa shape index (κ3) is 3.56. The number of fused-ring (bicyclic) bond motifs is 3. The number of rotatable bonds is 3. The number of ether oxygens (including phenoxy) is 1. The second kappa shape index (κ2) is 7.31. The zero-order chi connectivity index (χ0) is 19.0. The summed E-state index contributed by atoms with van der Waals surface area (Å²) >= 11 is 3.53. The molecule has 1 aliphatic rings. The minimum atomic E-state index is -0.364. The molecule has 1 aliphatic carbocycles. The lowest BCUT2D eigenvalue weighted by atomic mass is 9.94. The molecule has 27 heavy (non-hydrogen) atoms. The van der Waals surface area contributed by atoms with Crippen LogP contribution in [0.4, 0.5) is 5.69 Å². The highest BCUT2D eigenvalue weighted by Crippen LogP contribution is 2.41. The van der Waals surface area contributed by atoms with Crippen molar-refractivity contribution < 1.29 is 13.9 Å². The molecule has 0 spiro atoms. The van der Waals surface area contributed by atoms with Crippen molar-refractivity contribution in [2.45, 2.75) is 39.5 Å². The largest absolute Gasteiger partial charge is 0.461 e. The topological polar surface area (TPSA) is 51.8 Å². The zero-order valence-corrected chi connectivity index (χ0v) is 16.9. The third-order valence-corrected chi connectivity index (χ3v) is 5.40. The molecule has 0 fully saturated rings. The Morgan fingerprint density at radius 3 is 2.70 bits per heavy atom. The van der Waals surface area contributed by atoms with Crippen LogP contribution in [-0.4, -0.2) is 12.2 Å².